The van der Waals surface area contributed by atoms with Crippen molar-refractivity contribution in [2.24, 2.45) is 0 Å². The Hall–Kier alpha value is -2.19. The fraction of sp³-hybridized carbons (Fsp3) is 0.417. The number of carbonyl (C=O) groups excluding carboxylic acids is 1. The molecule has 0 saturated carbocycles. The van der Waals surface area contributed by atoms with Gasteiger partial charge in [-0.2, -0.15) is 0 Å². The van der Waals surface area contributed by atoms with Crippen LogP contribution >= 0.6 is 0 Å². The Bertz CT molecular complexity index is 506. The maximum absolute atomic E-state index is 10.9. The number of nitro benzene ring substituents is 1. The lowest BCUT2D eigenvalue weighted by molar-refractivity contribution is -0.384. The first-order chi connectivity index (χ1) is 9.36. The summed E-state index contributed by atoms with van der Waals surface area (Å²) >= 11 is 0. The van der Waals surface area contributed by atoms with Crippen molar-refractivity contribution in [3.8, 4) is 0 Å². The number of hydrogen-bond acceptors (Lipinski definition) is 6. The van der Waals surface area contributed by atoms with Crippen molar-refractivity contribution < 1.29 is 19.9 Å². The summed E-state index contributed by atoms with van der Waals surface area (Å²) < 4.78 is 0. The largest absolute Gasteiger partial charge is 0.388 e. The Balaban J connectivity index is 2.93. The SMILES string of the molecule is CNc1ccc(C(O)C(O)CNC(C)=O)cc1[N+](=O)[O-]. The molecule has 1 amide bonds. The summed E-state index contributed by atoms with van der Waals surface area (Å²) in [6.07, 6.45) is -2.58. The van der Waals surface area contributed by atoms with E-state index in [1.165, 1.54) is 25.1 Å². The Morgan fingerprint density at radius 1 is 1.45 bits per heavy atom. The number of aliphatic hydroxyl groups is 2. The van der Waals surface area contributed by atoms with Gasteiger partial charge in [0.1, 0.15) is 17.9 Å². The summed E-state index contributed by atoms with van der Waals surface area (Å²) in [6, 6.07) is 4.11. The van der Waals surface area contributed by atoms with Crippen molar-refractivity contribution in [3.05, 3.63) is 33.9 Å². The van der Waals surface area contributed by atoms with Crippen molar-refractivity contribution in [2.75, 3.05) is 18.9 Å². The maximum atomic E-state index is 10.9. The van der Waals surface area contributed by atoms with E-state index in [0.717, 1.165) is 0 Å². The second kappa shape index (κ2) is 6.83. The molecule has 0 aliphatic carbocycles. The number of rotatable bonds is 6. The molecule has 0 aliphatic rings. The number of hydrogen-bond donors (Lipinski definition) is 4. The number of aliphatic hydroxyl groups excluding tert-OH is 2. The minimum Gasteiger partial charge on any atom is -0.388 e. The molecule has 8 heteroatoms. The first kappa shape index (κ1) is 15.9. The molecule has 0 spiro atoms. The molecule has 0 fully saturated rings. The third-order valence-electron chi connectivity index (χ3n) is 2.75. The smallest absolute Gasteiger partial charge is 0.292 e. The Labute approximate surface area is 115 Å². The van der Waals surface area contributed by atoms with Crippen LogP contribution in [-0.4, -0.2) is 40.7 Å². The quantitative estimate of drug-likeness (QED) is 0.435. The van der Waals surface area contributed by atoms with Crippen LogP contribution < -0.4 is 10.6 Å². The highest BCUT2D eigenvalue weighted by Gasteiger charge is 2.22. The molecule has 1 aromatic rings. The molecule has 1 rings (SSSR count). The number of benzene rings is 1. The van der Waals surface area contributed by atoms with Gasteiger partial charge in [-0.3, -0.25) is 14.9 Å². The maximum Gasteiger partial charge on any atom is 0.292 e. The molecule has 4 N–H and O–H groups in total. The Morgan fingerprint density at radius 3 is 2.60 bits per heavy atom. The van der Waals surface area contributed by atoms with E-state index in [1.807, 2.05) is 0 Å². The van der Waals surface area contributed by atoms with E-state index in [4.69, 9.17) is 0 Å². The predicted octanol–water partition coefficient (Wildman–Crippen LogP) is 0.167. The molecule has 0 aliphatic heterocycles. The van der Waals surface area contributed by atoms with Crippen LogP contribution in [0.4, 0.5) is 11.4 Å². The van der Waals surface area contributed by atoms with Gasteiger partial charge in [0.2, 0.25) is 5.91 Å². The summed E-state index contributed by atoms with van der Waals surface area (Å²) in [5.41, 5.74) is 0.312. The topological polar surface area (TPSA) is 125 Å². The van der Waals surface area contributed by atoms with Crippen LogP contribution in [0.3, 0.4) is 0 Å². The Morgan fingerprint density at radius 2 is 2.10 bits per heavy atom. The van der Waals surface area contributed by atoms with Gasteiger partial charge in [0.25, 0.3) is 5.69 Å². The van der Waals surface area contributed by atoms with Crippen LogP contribution in [0.2, 0.25) is 0 Å². The molecule has 2 unspecified atom stereocenters. The Kier molecular flexibility index (Phi) is 5.42. The monoisotopic (exact) mass is 283 g/mol. The average molecular weight is 283 g/mol. The van der Waals surface area contributed by atoms with Crippen LogP contribution in [0.25, 0.3) is 0 Å². The number of carbonyl (C=O) groups is 1. The summed E-state index contributed by atoms with van der Waals surface area (Å²) in [5.74, 6) is -0.340. The van der Waals surface area contributed by atoms with E-state index in [9.17, 15) is 25.1 Å². The fourth-order valence-corrected chi connectivity index (χ4v) is 1.68. The first-order valence-corrected chi connectivity index (χ1v) is 5.93. The second-order valence-corrected chi connectivity index (χ2v) is 4.23. The zero-order valence-corrected chi connectivity index (χ0v) is 11.2. The molecule has 0 saturated heterocycles. The second-order valence-electron chi connectivity index (χ2n) is 4.23. The van der Waals surface area contributed by atoms with Crippen LogP contribution in [0, 0.1) is 10.1 Å². The van der Waals surface area contributed by atoms with Crippen LogP contribution in [0.15, 0.2) is 18.2 Å². The molecule has 0 aromatic heterocycles. The average Bonchev–Trinajstić information content (AvgIpc) is 2.42. The molecular formula is C12H17N3O5. The van der Waals surface area contributed by atoms with E-state index >= 15 is 0 Å². The standard InChI is InChI=1S/C12H17N3O5/c1-7(16)14-6-11(17)12(18)8-3-4-9(13-2)10(5-8)15(19)20/h3-5,11-13,17-18H,6H2,1-2H3,(H,14,16). The van der Waals surface area contributed by atoms with Gasteiger partial charge in [-0.05, 0) is 11.6 Å². The van der Waals surface area contributed by atoms with Gasteiger partial charge in [0.05, 0.1) is 4.92 Å². The third kappa shape index (κ3) is 3.90. The van der Waals surface area contributed by atoms with Gasteiger partial charge >= 0.3 is 0 Å². The van der Waals surface area contributed by atoms with Crippen molar-refractivity contribution >= 4 is 17.3 Å². The lowest BCUT2D eigenvalue weighted by Crippen LogP contribution is -2.34. The normalized spacial score (nSPS) is 13.4. The molecule has 2 atom stereocenters. The summed E-state index contributed by atoms with van der Waals surface area (Å²) in [4.78, 5) is 21.1. The molecule has 8 nitrogen and oxygen atoms in total. The van der Waals surface area contributed by atoms with Gasteiger partial charge in [-0.15, -0.1) is 0 Å². The lowest BCUT2D eigenvalue weighted by atomic mass is 10.0. The summed E-state index contributed by atoms with van der Waals surface area (Å²) in [6.45, 7) is 1.14. The van der Waals surface area contributed by atoms with E-state index in [1.54, 1.807) is 7.05 Å². The van der Waals surface area contributed by atoms with E-state index in [0.29, 0.717) is 5.69 Å². The van der Waals surface area contributed by atoms with Crippen molar-refractivity contribution in [1.82, 2.24) is 5.32 Å². The molecule has 0 bridgehead atoms. The molecule has 0 radical (unpaired) electrons. The zero-order valence-electron chi connectivity index (χ0n) is 11.2. The predicted molar refractivity (Wildman–Crippen MR) is 72.3 cm³/mol. The first-order valence-electron chi connectivity index (χ1n) is 5.93. The minimum absolute atomic E-state index is 0.141. The van der Waals surface area contributed by atoms with E-state index < -0.39 is 17.1 Å². The zero-order chi connectivity index (χ0) is 15.3. The molecular weight excluding hydrogens is 266 g/mol. The highest BCUT2D eigenvalue weighted by molar-refractivity contribution is 5.72. The van der Waals surface area contributed by atoms with E-state index in [2.05, 4.69) is 10.6 Å². The summed E-state index contributed by atoms with van der Waals surface area (Å²) in [7, 11) is 1.55. The van der Waals surface area contributed by atoms with Crippen molar-refractivity contribution in [3.63, 3.8) is 0 Å². The number of nitro groups is 1. The number of nitrogens with one attached hydrogen (secondary N) is 2. The fourth-order valence-electron chi connectivity index (χ4n) is 1.68. The summed E-state index contributed by atoms with van der Waals surface area (Å²) in [5, 5.41) is 35.6. The van der Waals surface area contributed by atoms with Crippen LogP contribution in [-0.2, 0) is 4.79 Å². The highest BCUT2D eigenvalue weighted by Crippen LogP contribution is 2.28. The van der Waals surface area contributed by atoms with E-state index in [-0.39, 0.29) is 23.7 Å². The number of nitrogens with zero attached hydrogens (tertiary/aromatic N) is 1. The third-order valence-corrected chi connectivity index (χ3v) is 2.75. The van der Waals surface area contributed by atoms with Gasteiger partial charge < -0.3 is 20.8 Å². The van der Waals surface area contributed by atoms with Gasteiger partial charge in [0, 0.05) is 26.6 Å². The van der Waals surface area contributed by atoms with Crippen LogP contribution in [0.5, 0.6) is 0 Å². The number of amides is 1. The van der Waals surface area contributed by atoms with Crippen molar-refractivity contribution in [2.45, 2.75) is 19.1 Å². The lowest BCUT2D eigenvalue weighted by Gasteiger charge is -2.18. The van der Waals surface area contributed by atoms with Gasteiger partial charge in [-0.25, -0.2) is 0 Å². The number of anilines is 1. The molecule has 110 valence electrons. The molecule has 20 heavy (non-hydrogen) atoms. The van der Waals surface area contributed by atoms with Gasteiger partial charge in [-0.1, -0.05) is 6.07 Å². The highest BCUT2D eigenvalue weighted by atomic mass is 16.6. The minimum atomic E-state index is -1.33. The van der Waals surface area contributed by atoms with Crippen molar-refractivity contribution in [1.29, 1.82) is 0 Å². The van der Waals surface area contributed by atoms with Crippen LogP contribution in [0.1, 0.15) is 18.6 Å². The van der Waals surface area contributed by atoms with Gasteiger partial charge in [0.15, 0.2) is 0 Å². The molecule has 1 aromatic carbocycles. The molecule has 0 heterocycles.